The average Bonchev–Trinajstić information content (AvgIpc) is 3.22. The number of hydrogen-bond acceptors (Lipinski definition) is 5. The maximum atomic E-state index is 11.6. The highest BCUT2D eigenvalue weighted by Gasteiger charge is 2.27. The molecule has 2 rings (SSSR count). The number of carbonyl (C=O) groups is 2. The molecule has 9 heteroatoms. The molecule has 0 saturated carbocycles. The summed E-state index contributed by atoms with van der Waals surface area (Å²) in [4.78, 5) is 28.7. The van der Waals surface area contributed by atoms with Gasteiger partial charge >= 0.3 is 6.03 Å². The summed E-state index contributed by atoms with van der Waals surface area (Å²) in [6.45, 7) is 8.08. The van der Waals surface area contributed by atoms with Crippen molar-refractivity contribution in [2.75, 3.05) is 26.2 Å². The molecule has 0 aromatic carbocycles. The van der Waals surface area contributed by atoms with Crippen molar-refractivity contribution in [2.45, 2.75) is 46.1 Å². The molecule has 1 aromatic rings. The van der Waals surface area contributed by atoms with Crippen LogP contribution in [0, 0.1) is 0 Å². The Kier molecular flexibility index (Phi) is 7.43. The normalized spacial score (nSPS) is 14.9. The van der Waals surface area contributed by atoms with Gasteiger partial charge in [0.15, 0.2) is 11.7 Å². The van der Waals surface area contributed by atoms with E-state index in [4.69, 9.17) is 4.52 Å². The fraction of sp³-hybridized carbons (Fsp3) is 0.647. The van der Waals surface area contributed by atoms with Gasteiger partial charge in [-0.05, 0) is 19.8 Å². The second-order valence-electron chi connectivity index (χ2n) is 6.06. The van der Waals surface area contributed by atoms with Crippen LogP contribution in [-0.2, 0) is 11.3 Å². The number of nitrogens with zero attached hydrogens (tertiary/aromatic N) is 3. The third-order valence-corrected chi connectivity index (χ3v) is 4.28. The molecule has 0 bridgehead atoms. The third-order valence-electron chi connectivity index (χ3n) is 4.28. The minimum absolute atomic E-state index is 0.0668. The zero-order valence-corrected chi connectivity index (χ0v) is 15.7. The highest BCUT2D eigenvalue weighted by Crippen LogP contribution is 2.22. The number of aliphatic imine (C=N–C) groups is 1. The number of guanidine groups is 1. The average molecular weight is 364 g/mol. The molecule has 1 aliphatic heterocycles. The van der Waals surface area contributed by atoms with Crippen molar-refractivity contribution in [1.82, 2.24) is 26.0 Å². The molecule has 1 saturated heterocycles. The van der Waals surface area contributed by atoms with Crippen LogP contribution in [0.1, 0.15) is 51.0 Å². The number of carbonyl (C=O) groups excluding carboxylic acids is 2. The van der Waals surface area contributed by atoms with Gasteiger partial charge < -0.3 is 20.5 Å². The topological polar surface area (TPSA) is 112 Å². The number of aromatic nitrogens is 1. The first-order chi connectivity index (χ1) is 12.6. The van der Waals surface area contributed by atoms with Crippen molar-refractivity contribution in [2.24, 2.45) is 4.99 Å². The number of amides is 3. The summed E-state index contributed by atoms with van der Waals surface area (Å²) in [5, 5.41) is 12.9. The van der Waals surface area contributed by atoms with Crippen molar-refractivity contribution in [3.05, 3.63) is 17.5 Å². The van der Waals surface area contributed by atoms with E-state index in [0.29, 0.717) is 37.3 Å². The van der Waals surface area contributed by atoms with Gasteiger partial charge in [0.1, 0.15) is 6.54 Å². The standard InChI is InChI=1S/C17H28N6O3/c1-4-12(5-2)14-9-13(26-22-14)10-20-16(18-6-3)19-7-8-23-15(24)11-21-17(23)25/h9,12H,4-8,10-11H2,1-3H3,(H,21,25)(H2,18,19,20). The molecule has 1 fully saturated rings. The van der Waals surface area contributed by atoms with Crippen LogP contribution in [0.4, 0.5) is 4.79 Å². The van der Waals surface area contributed by atoms with Crippen molar-refractivity contribution in [1.29, 1.82) is 0 Å². The number of urea groups is 1. The molecule has 0 atom stereocenters. The Morgan fingerprint density at radius 1 is 1.35 bits per heavy atom. The first-order valence-electron chi connectivity index (χ1n) is 9.14. The van der Waals surface area contributed by atoms with Crippen LogP contribution in [0.2, 0.25) is 0 Å². The van der Waals surface area contributed by atoms with Gasteiger partial charge in [0.25, 0.3) is 0 Å². The smallest absolute Gasteiger partial charge is 0.324 e. The van der Waals surface area contributed by atoms with Gasteiger partial charge in [-0.3, -0.25) is 9.69 Å². The quantitative estimate of drug-likeness (QED) is 0.345. The highest BCUT2D eigenvalue weighted by atomic mass is 16.5. The van der Waals surface area contributed by atoms with Crippen LogP contribution in [0.3, 0.4) is 0 Å². The second kappa shape index (κ2) is 9.79. The Balaban J connectivity index is 1.88. The Hall–Kier alpha value is -2.58. The van der Waals surface area contributed by atoms with Crippen LogP contribution in [-0.4, -0.2) is 54.1 Å². The second-order valence-corrected chi connectivity index (χ2v) is 6.06. The summed E-state index contributed by atoms with van der Waals surface area (Å²) in [6, 6.07) is 1.60. The molecule has 2 heterocycles. The zero-order valence-electron chi connectivity index (χ0n) is 15.7. The lowest BCUT2D eigenvalue weighted by Crippen LogP contribution is -2.43. The lowest BCUT2D eigenvalue weighted by molar-refractivity contribution is -0.124. The lowest BCUT2D eigenvalue weighted by Gasteiger charge is -2.15. The van der Waals surface area contributed by atoms with E-state index < -0.39 is 0 Å². The van der Waals surface area contributed by atoms with Gasteiger partial charge in [0.2, 0.25) is 5.91 Å². The molecular formula is C17H28N6O3. The van der Waals surface area contributed by atoms with E-state index in [0.717, 1.165) is 18.5 Å². The number of rotatable bonds is 9. The first kappa shape index (κ1) is 19.7. The highest BCUT2D eigenvalue weighted by molar-refractivity contribution is 6.01. The van der Waals surface area contributed by atoms with Gasteiger partial charge in [-0.25, -0.2) is 9.79 Å². The van der Waals surface area contributed by atoms with E-state index >= 15 is 0 Å². The van der Waals surface area contributed by atoms with Crippen LogP contribution in [0.15, 0.2) is 15.6 Å². The van der Waals surface area contributed by atoms with Gasteiger partial charge in [-0.2, -0.15) is 0 Å². The molecule has 1 aromatic heterocycles. The van der Waals surface area contributed by atoms with Crippen LogP contribution in [0.5, 0.6) is 0 Å². The number of nitrogens with one attached hydrogen (secondary N) is 3. The summed E-state index contributed by atoms with van der Waals surface area (Å²) < 4.78 is 5.37. The van der Waals surface area contributed by atoms with Gasteiger partial charge in [-0.1, -0.05) is 19.0 Å². The SMILES string of the molecule is CCNC(=NCc1cc(C(CC)CC)no1)NCCN1C(=O)CNC1=O. The molecule has 0 radical (unpaired) electrons. The summed E-state index contributed by atoms with van der Waals surface area (Å²) in [6.07, 6.45) is 2.05. The molecule has 3 amide bonds. The fourth-order valence-electron chi connectivity index (χ4n) is 2.77. The van der Waals surface area contributed by atoms with Crippen molar-refractivity contribution >= 4 is 17.9 Å². The van der Waals surface area contributed by atoms with Gasteiger partial charge in [0.05, 0.1) is 12.2 Å². The molecule has 1 aliphatic rings. The fourth-order valence-corrected chi connectivity index (χ4v) is 2.77. The Morgan fingerprint density at radius 3 is 2.73 bits per heavy atom. The van der Waals surface area contributed by atoms with Gasteiger partial charge in [-0.15, -0.1) is 0 Å². The molecule has 0 unspecified atom stereocenters. The summed E-state index contributed by atoms with van der Waals surface area (Å²) >= 11 is 0. The van der Waals surface area contributed by atoms with Crippen LogP contribution < -0.4 is 16.0 Å². The zero-order chi connectivity index (χ0) is 18.9. The molecule has 0 aliphatic carbocycles. The number of imide groups is 1. The molecule has 26 heavy (non-hydrogen) atoms. The monoisotopic (exact) mass is 364 g/mol. The Bertz CT molecular complexity index is 622. The van der Waals surface area contributed by atoms with Crippen LogP contribution in [0.25, 0.3) is 0 Å². The maximum Gasteiger partial charge on any atom is 0.324 e. The maximum absolute atomic E-state index is 11.6. The lowest BCUT2D eigenvalue weighted by atomic mass is 9.99. The minimum Gasteiger partial charge on any atom is -0.359 e. The predicted octanol–water partition coefficient (Wildman–Crippen LogP) is 1.19. The number of hydrogen-bond donors (Lipinski definition) is 3. The summed E-state index contributed by atoms with van der Waals surface area (Å²) in [7, 11) is 0. The molecule has 144 valence electrons. The first-order valence-corrected chi connectivity index (χ1v) is 9.14. The predicted molar refractivity (Wildman–Crippen MR) is 97.8 cm³/mol. The van der Waals surface area contributed by atoms with Crippen molar-refractivity contribution in [3.63, 3.8) is 0 Å². The van der Waals surface area contributed by atoms with E-state index in [1.165, 1.54) is 4.90 Å². The van der Waals surface area contributed by atoms with E-state index in [1.807, 2.05) is 13.0 Å². The van der Waals surface area contributed by atoms with E-state index in [2.05, 4.69) is 39.9 Å². The summed E-state index contributed by atoms with van der Waals surface area (Å²) in [5.41, 5.74) is 0.969. The van der Waals surface area contributed by atoms with Crippen molar-refractivity contribution < 1.29 is 14.1 Å². The van der Waals surface area contributed by atoms with E-state index in [9.17, 15) is 9.59 Å². The Morgan fingerprint density at radius 2 is 2.12 bits per heavy atom. The summed E-state index contributed by atoms with van der Waals surface area (Å²) in [5.74, 6) is 1.50. The van der Waals surface area contributed by atoms with E-state index in [-0.39, 0.29) is 25.0 Å². The minimum atomic E-state index is -0.352. The largest absolute Gasteiger partial charge is 0.359 e. The van der Waals surface area contributed by atoms with E-state index in [1.54, 1.807) is 0 Å². The van der Waals surface area contributed by atoms with Crippen molar-refractivity contribution in [3.8, 4) is 0 Å². The molecule has 0 spiro atoms. The Labute approximate surface area is 153 Å². The molecule has 3 N–H and O–H groups in total. The molecule has 9 nitrogen and oxygen atoms in total. The van der Waals surface area contributed by atoms with Crippen LogP contribution >= 0.6 is 0 Å². The van der Waals surface area contributed by atoms with Gasteiger partial charge in [0, 0.05) is 31.6 Å². The molecular weight excluding hydrogens is 336 g/mol. The third kappa shape index (κ3) is 5.21.